The lowest BCUT2D eigenvalue weighted by Crippen LogP contribution is -2.49. The lowest BCUT2D eigenvalue weighted by atomic mass is 9.81. The predicted octanol–water partition coefficient (Wildman–Crippen LogP) is 5.84. The molecule has 2 heterocycles. The van der Waals surface area contributed by atoms with Crippen LogP contribution in [0.5, 0.6) is 0 Å². The third-order valence-electron chi connectivity index (χ3n) is 6.92. The molecule has 8 heteroatoms. The number of nitrogens with zero attached hydrogens (tertiary/aromatic N) is 2. The molecular weight excluding hydrogens is 457 g/mol. The van der Waals surface area contributed by atoms with Crippen LogP contribution in [0, 0.1) is 23.1 Å². The first kappa shape index (κ1) is 24.0. The van der Waals surface area contributed by atoms with Gasteiger partial charge in [0.05, 0.1) is 5.56 Å². The van der Waals surface area contributed by atoms with Gasteiger partial charge < -0.3 is 15.3 Å². The summed E-state index contributed by atoms with van der Waals surface area (Å²) in [6, 6.07) is 11.4. The number of hydrogen-bond acceptors (Lipinski definition) is 3. The summed E-state index contributed by atoms with van der Waals surface area (Å²) in [5.74, 6) is -0.361. The quantitative estimate of drug-likeness (QED) is 0.558. The Morgan fingerprint density at radius 2 is 1.88 bits per heavy atom. The maximum Gasteiger partial charge on any atom is 0.405 e. The van der Waals surface area contributed by atoms with Crippen molar-refractivity contribution in [2.24, 2.45) is 5.92 Å². The Bertz CT molecular complexity index is 1160. The van der Waals surface area contributed by atoms with Crippen molar-refractivity contribution in [2.75, 3.05) is 0 Å². The van der Waals surface area contributed by atoms with Crippen LogP contribution in [0.4, 0.5) is 9.18 Å². The van der Waals surface area contributed by atoms with Crippen molar-refractivity contribution < 1.29 is 19.1 Å². The number of amides is 2. The number of halogens is 2. The van der Waals surface area contributed by atoms with Crippen molar-refractivity contribution >= 4 is 23.6 Å². The monoisotopic (exact) mass is 483 g/mol. The Balaban J connectivity index is 1.53. The number of carbonyl (C=O) groups is 2. The summed E-state index contributed by atoms with van der Waals surface area (Å²) in [7, 11) is 0. The zero-order chi connectivity index (χ0) is 24.6. The van der Waals surface area contributed by atoms with Gasteiger partial charge in [-0.15, -0.1) is 0 Å². The van der Waals surface area contributed by atoms with Gasteiger partial charge in [0.2, 0.25) is 0 Å². The van der Waals surface area contributed by atoms with E-state index in [1.165, 1.54) is 12.1 Å². The van der Waals surface area contributed by atoms with E-state index in [-0.39, 0.29) is 23.6 Å². The highest BCUT2D eigenvalue weighted by Gasteiger charge is 2.44. The van der Waals surface area contributed by atoms with Crippen LogP contribution in [0.3, 0.4) is 0 Å². The molecule has 2 aliphatic rings. The number of piperidine rings is 1. The number of hydrogen-bond donors (Lipinski definition) is 2. The van der Waals surface area contributed by atoms with Gasteiger partial charge in [0, 0.05) is 33.8 Å². The molecule has 178 valence electrons. The molecule has 2 bridgehead atoms. The third kappa shape index (κ3) is 4.88. The van der Waals surface area contributed by atoms with Crippen molar-refractivity contribution in [1.82, 2.24) is 10.2 Å². The molecule has 2 aliphatic heterocycles. The van der Waals surface area contributed by atoms with Crippen LogP contribution in [0.15, 0.2) is 36.4 Å². The number of carbonyl (C=O) groups excluding carboxylic acids is 1. The Morgan fingerprint density at radius 3 is 2.47 bits per heavy atom. The van der Waals surface area contributed by atoms with Crippen molar-refractivity contribution in [3.05, 3.63) is 58.4 Å². The second kappa shape index (κ2) is 9.27. The van der Waals surface area contributed by atoms with E-state index in [1.54, 1.807) is 30.3 Å². The lowest BCUT2D eigenvalue weighted by Gasteiger charge is -2.41. The summed E-state index contributed by atoms with van der Waals surface area (Å²) >= 11 is 6.37. The number of carboxylic acid groups (broad SMARTS) is 1. The van der Waals surface area contributed by atoms with E-state index in [0.29, 0.717) is 27.6 Å². The highest BCUT2D eigenvalue weighted by molar-refractivity contribution is 6.33. The van der Waals surface area contributed by atoms with Crippen LogP contribution in [0.2, 0.25) is 5.02 Å². The van der Waals surface area contributed by atoms with Crippen LogP contribution in [-0.2, 0) is 0 Å². The Hall–Kier alpha value is -3.11. The van der Waals surface area contributed by atoms with E-state index < -0.39 is 17.4 Å². The van der Waals surface area contributed by atoms with E-state index in [4.69, 9.17) is 22.0 Å². The van der Waals surface area contributed by atoms with Crippen molar-refractivity contribution in [1.29, 1.82) is 5.26 Å². The van der Waals surface area contributed by atoms with Crippen LogP contribution >= 0.6 is 11.6 Å². The fraction of sp³-hybridized carbons (Fsp3) is 0.423. The van der Waals surface area contributed by atoms with Crippen LogP contribution in [0.25, 0.3) is 11.1 Å². The standard InChI is InChI=1S/C26H27ClFN3O3/c1-26(2,30-25(33)34)13-15-9-19-6-7-20(10-15)31(19)24(32)17-5-8-22(27)21(11-17)16-3-4-18(14-29)23(28)12-16/h3-5,8,11-12,15,19-20,30H,6-7,9-10,13H2,1-2H3,(H,33,34). The maximum atomic E-state index is 14.2. The summed E-state index contributed by atoms with van der Waals surface area (Å²) < 4.78 is 14.2. The SMILES string of the molecule is CC(C)(CC1CC2CCC(C1)N2C(=O)c1ccc(Cl)c(-c2ccc(C#N)c(F)c2)c1)NC(=O)O. The summed E-state index contributed by atoms with van der Waals surface area (Å²) in [4.78, 5) is 26.6. The molecule has 0 aromatic heterocycles. The van der Waals surface area contributed by atoms with Crippen LogP contribution < -0.4 is 5.32 Å². The number of benzene rings is 2. The molecule has 0 saturated carbocycles. The second-order valence-electron chi connectivity index (χ2n) is 9.95. The highest BCUT2D eigenvalue weighted by atomic mass is 35.5. The molecule has 2 fully saturated rings. The van der Waals surface area contributed by atoms with E-state index in [9.17, 15) is 14.0 Å². The molecule has 2 atom stereocenters. The van der Waals surface area contributed by atoms with E-state index in [1.807, 2.05) is 18.7 Å². The van der Waals surface area contributed by atoms with Gasteiger partial charge in [0.1, 0.15) is 11.9 Å². The van der Waals surface area contributed by atoms with Crippen molar-refractivity contribution in [2.45, 2.75) is 63.6 Å². The third-order valence-corrected chi connectivity index (χ3v) is 7.25. The van der Waals surface area contributed by atoms with Crippen molar-refractivity contribution in [3.63, 3.8) is 0 Å². The molecule has 2 amide bonds. The minimum atomic E-state index is -1.03. The molecular formula is C26H27ClFN3O3. The molecule has 2 aromatic carbocycles. The zero-order valence-corrected chi connectivity index (χ0v) is 19.9. The molecule has 6 nitrogen and oxygen atoms in total. The van der Waals surface area contributed by atoms with Gasteiger partial charge in [-0.1, -0.05) is 17.7 Å². The van der Waals surface area contributed by atoms with Crippen molar-refractivity contribution in [3.8, 4) is 17.2 Å². The smallest absolute Gasteiger partial charge is 0.405 e. The fourth-order valence-corrected chi connectivity index (χ4v) is 5.88. The molecule has 2 saturated heterocycles. The number of nitriles is 1. The molecule has 0 aliphatic carbocycles. The first-order valence-corrected chi connectivity index (χ1v) is 11.8. The average Bonchev–Trinajstić information content (AvgIpc) is 3.02. The Labute approximate surface area is 203 Å². The van der Waals surface area contributed by atoms with E-state index in [2.05, 4.69) is 5.32 Å². The average molecular weight is 484 g/mol. The van der Waals surface area contributed by atoms with Gasteiger partial charge in [0.15, 0.2) is 0 Å². The van der Waals surface area contributed by atoms with E-state index >= 15 is 0 Å². The zero-order valence-electron chi connectivity index (χ0n) is 19.1. The second-order valence-corrected chi connectivity index (χ2v) is 10.4. The number of fused-ring (bicyclic) bond motifs is 2. The van der Waals surface area contributed by atoms with Gasteiger partial charge in [0.25, 0.3) is 5.91 Å². The van der Waals surface area contributed by atoms with Gasteiger partial charge >= 0.3 is 6.09 Å². The normalized spacial score (nSPS) is 21.7. The molecule has 0 spiro atoms. The largest absolute Gasteiger partial charge is 0.465 e. The van der Waals surface area contributed by atoms with Gasteiger partial charge in [-0.05, 0) is 87.8 Å². The first-order valence-electron chi connectivity index (χ1n) is 11.4. The summed E-state index contributed by atoms with van der Waals surface area (Å²) in [6.07, 6.45) is 3.25. The molecule has 0 radical (unpaired) electrons. The molecule has 2 N–H and O–H groups in total. The highest BCUT2D eigenvalue weighted by Crippen LogP contribution is 2.42. The Morgan fingerprint density at radius 1 is 1.21 bits per heavy atom. The molecule has 2 unspecified atom stereocenters. The summed E-state index contributed by atoms with van der Waals surface area (Å²) in [5, 5.41) is 21.1. The predicted molar refractivity (Wildman–Crippen MR) is 127 cm³/mol. The molecule has 4 rings (SSSR count). The Kier molecular flexibility index (Phi) is 6.55. The minimum Gasteiger partial charge on any atom is -0.465 e. The number of rotatable bonds is 5. The summed E-state index contributed by atoms with van der Waals surface area (Å²) in [6.45, 7) is 3.78. The number of nitrogens with one attached hydrogen (secondary N) is 1. The van der Waals surface area contributed by atoms with Crippen LogP contribution in [0.1, 0.15) is 61.9 Å². The molecule has 2 aromatic rings. The minimum absolute atomic E-state index is 0.0479. The topological polar surface area (TPSA) is 93.4 Å². The van der Waals surface area contributed by atoms with E-state index in [0.717, 1.165) is 32.1 Å². The first-order chi connectivity index (χ1) is 16.1. The van der Waals surface area contributed by atoms with Gasteiger partial charge in [-0.25, -0.2) is 9.18 Å². The molecule has 34 heavy (non-hydrogen) atoms. The van der Waals surface area contributed by atoms with Gasteiger partial charge in [-0.2, -0.15) is 5.26 Å². The maximum absolute atomic E-state index is 14.2. The fourth-order valence-electron chi connectivity index (χ4n) is 5.65. The van der Waals surface area contributed by atoms with Crippen LogP contribution in [-0.4, -0.2) is 39.6 Å². The van der Waals surface area contributed by atoms with Gasteiger partial charge in [-0.3, -0.25) is 4.79 Å². The summed E-state index contributed by atoms with van der Waals surface area (Å²) in [5.41, 5.74) is 0.968. The lowest BCUT2D eigenvalue weighted by molar-refractivity contribution is 0.0494.